The summed E-state index contributed by atoms with van der Waals surface area (Å²) in [7, 11) is 0. The molecule has 0 aliphatic carbocycles. The number of para-hydroxylation sites is 1. The van der Waals surface area contributed by atoms with Crippen LogP contribution in [-0.4, -0.2) is 16.5 Å². The molecule has 0 fully saturated rings. The van der Waals surface area contributed by atoms with Gasteiger partial charge in [0.15, 0.2) is 5.13 Å². The van der Waals surface area contributed by atoms with Crippen molar-refractivity contribution >= 4 is 32.4 Å². The number of aromatic nitrogens is 2. The third-order valence-corrected chi connectivity index (χ3v) is 4.99. The predicted octanol–water partition coefficient (Wildman–Crippen LogP) is 3.53. The Bertz CT molecular complexity index is 890. The van der Waals surface area contributed by atoms with Crippen LogP contribution in [0.25, 0.3) is 10.2 Å². The van der Waals surface area contributed by atoms with Crippen LogP contribution < -0.4 is 10.5 Å². The topological polar surface area (TPSA) is 46.1 Å². The van der Waals surface area contributed by atoms with Crippen molar-refractivity contribution in [2.75, 3.05) is 11.4 Å². The van der Waals surface area contributed by atoms with E-state index in [9.17, 15) is 4.79 Å². The smallest absolute Gasteiger partial charge is 0.282 e. The summed E-state index contributed by atoms with van der Waals surface area (Å²) in [6.07, 6.45) is 5.05. The molecule has 1 aromatic carbocycles. The second-order valence-corrected chi connectivity index (χ2v) is 6.35. The van der Waals surface area contributed by atoms with Gasteiger partial charge < -0.3 is 4.90 Å². The highest BCUT2D eigenvalue weighted by Gasteiger charge is 2.19. The van der Waals surface area contributed by atoms with Gasteiger partial charge in [0.1, 0.15) is 4.83 Å². The van der Waals surface area contributed by atoms with Crippen LogP contribution in [-0.2, 0) is 6.42 Å². The lowest BCUT2D eigenvalue weighted by molar-refractivity contribution is 0.759. The van der Waals surface area contributed by atoms with Crippen molar-refractivity contribution in [1.82, 2.24) is 9.97 Å². The maximum absolute atomic E-state index is 12.3. The molecule has 1 aliphatic heterocycles. The molecule has 0 bridgehead atoms. The molecule has 0 saturated heterocycles. The molecule has 3 heterocycles. The zero-order valence-corrected chi connectivity index (χ0v) is 12.8. The maximum Gasteiger partial charge on any atom is 0.282 e. The molecule has 3 aromatic rings. The van der Waals surface area contributed by atoms with Gasteiger partial charge >= 0.3 is 0 Å². The Morgan fingerprint density at radius 1 is 1.09 bits per heavy atom. The summed E-state index contributed by atoms with van der Waals surface area (Å²) in [6, 6.07) is 11.9. The lowest BCUT2D eigenvalue weighted by Gasteiger charge is -2.22. The van der Waals surface area contributed by atoms with E-state index < -0.39 is 0 Å². The Hall–Kier alpha value is -2.27. The summed E-state index contributed by atoms with van der Waals surface area (Å²) in [6.45, 7) is 0.887. The SMILES string of the molecule is O=c1nc(N2CCCCc3ccccc32)sc2ncccc12. The van der Waals surface area contributed by atoms with Crippen molar-refractivity contribution in [3.63, 3.8) is 0 Å². The Morgan fingerprint density at radius 2 is 2.00 bits per heavy atom. The average Bonchev–Trinajstić information content (AvgIpc) is 2.77. The lowest BCUT2D eigenvalue weighted by Crippen LogP contribution is -2.21. The first kappa shape index (κ1) is 13.4. The third-order valence-electron chi connectivity index (χ3n) is 3.98. The number of hydrogen-bond acceptors (Lipinski definition) is 5. The quantitative estimate of drug-likeness (QED) is 0.690. The largest absolute Gasteiger partial charge is 0.317 e. The Morgan fingerprint density at radius 3 is 2.95 bits per heavy atom. The first-order valence-corrected chi connectivity index (χ1v) is 8.26. The lowest BCUT2D eigenvalue weighted by atomic mass is 10.1. The van der Waals surface area contributed by atoms with E-state index in [0.29, 0.717) is 5.39 Å². The Balaban J connectivity index is 1.90. The van der Waals surface area contributed by atoms with Gasteiger partial charge in [-0.15, -0.1) is 0 Å². The van der Waals surface area contributed by atoms with Gasteiger partial charge in [-0.2, -0.15) is 4.98 Å². The van der Waals surface area contributed by atoms with Gasteiger partial charge in [0.25, 0.3) is 5.56 Å². The van der Waals surface area contributed by atoms with Crippen LogP contribution in [0, 0.1) is 0 Å². The number of nitrogens with zero attached hydrogens (tertiary/aromatic N) is 3. The van der Waals surface area contributed by atoms with Crippen molar-refractivity contribution < 1.29 is 0 Å². The molecular formula is C17H15N3OS. The predicted molar refractivity (Wildman–Crippen MR) is 90.1 cm³/mol. The van der Waals surface area contributed by atoms with Gasteiger partial charge in [0, 0.05) is 18.4 Å². The number of aryl methyl sites for hydroxylation is 1. The molecule has 0 saturated carbocycles. The molecule has 0 radical (unpaired) electrons. The minimum absolute atomic E-state index is 0.196. The summed E-state index contributed by atoms with van der Waals surface area (Å²) >= 11 is 1.48. The highest BCUT2D eigenvalue weighted by molar-refractivity contribution is 7.21. The summed E-state index contributed by atoms with van der Waals surface area (Å²) < 4.78 is 0. The second-order valence-electron chi connectivity index (χ2n) is 5.40. The molecule has 2 aromatic heterocycles. The van der Waals surface area contributed by atoms with E-state index in [1.807, 2.05) is 6.07 Å². The van der Waals surface area contributed by atoms with Crippen LogP contribution in [0.2, 0.25) is 0 Å². The van der Waals surface area contributed by atoms with E-state index in [1.165, 1.54) is 22.6 Å². The van der Waals surface area contributed by atoms with Gasteiger partial charge in [-0.05, 0) is 43.0 Å². The molecule has 5 heteroatoms. The van der Waals surface area contributed by atoms with Gasteiger partial charge in [-0.3, -0.25) is 4.79 Å². The van der Waals surface area contributed by atoms with Crippen LogP contribution >= 0.6 is 11.3 Å². The highest BCUT2D eigenvalue weighted by Crippen LogP contribution is 2.34. The molecule has 22 heavy (non-hydrogen) atoms. The number of anilines is 2. The zero-order valence-electron chi connectivity index (χ0n) is 12.0. The maximum atomic E-state index is 12.3. The van der Waals surface area contributed by atoms with E-state index in [-0.39, 0.29) is 5.56 Å². The summed E-state index contributed by atoms with van der Waals surface area (Å²) in [4.78, 5) is 23.8. The fraction of sp³-hybridized carbons (Fsp3) is 0.235. The number of fused-ring (bicyclic) bond motifs is 2. The fourth-order valence-electron chi connectivity index (χ4n) is 2.90. The zero-order chi connectivity index (χ0) is 14.9. The number of pyridine rings is 1. The molecule has 110 valence electrons. The first-order chi connectivity index (χ1) is 10.8. The van der Waals surface area contributed by atoms with Gasteiger partial charge in [-0.1, -0.05) is 29.5 Å². The van der Waals surface area contributed by atoms with Crippen molar-refractivity contribution in [2.24, 2.45) is 0 Å². The van der Waals surface area contributed by atoms with Crippen molar-refractivity contribution in [3.05, 3.63) is 58.5 Å². The molecule has 4 nitrogen and oxygen atoms in total. The molecular weight excluding hydrogens is 294 g/mol. The van der Waals surface area contributed by atoms with Crippen LogP contribution in [0.1, 0.15) is 18.4 Å². The Labute approximate surface area is 132 Å². The number of hydrogen-bond donors (Lipinski definition) is 0. The van der Waals surface area contributed by atoms with Gasteiger partial charge in [0.05, 0.1) is 5.39 Å². The molecule has 0 spiro atoms. The molecule has 0 unspecified atom stereocenters. The monoisotopic (exact) mass is 309 g/mol. The van der Waals surface area contributed by atoms with Gasteiger partial charge in [-0.25, -0.2) is 4.98 Å². The van der Waals surface area contributed by atoms with E-state index in [4.69, 9.17) is 0 Å². The minimum Gasteiger partial charge on any atom is -0.317 e. The standard InChI is InChI=1S/C17H15N3OS/c21-15-13-8-5-10-18-16(13)22-17(19-15)20-11-4-3-7-12-6-1-2-9-14(12)20/h1-2,5-6,8-10H,3-4,7,11H2. The van der Waals surface area contributed by atoms with Crippen LogP contribution in [0.15, 0.2) is 47.4 Å². The van der Waals surface area contributed by atoms with Crippen molar-refractivity contribution in [3.8, 4) is 0 Å². The van der Waals surface area contributed by atoms with E-state index in [1.54, 1.807) is 18.3 Å². The minimum atomic E-state index is -0.196. The van der Waals surface area contributed by atoms with Crippen LogP contribution in [0.4, 0.5) is 10.8 Å². The van der Waals surface area contributed by atoms with E-state index in [2.05, 4.69) is 33.1 Å². The summed E-state index contributed by atoms with van der Waals surface area (Å²) in [5.74, 6) is 0. The van der Waals surface area contributed by atoms with Gasteiger partial charge in [0.2, 0.25) is 0 Å². The van der Waals surface area contributed by atoms with Crippen molar-refractivity contribution in [1.29, 1.82) is 0 Å². The normalized spacial score (nSPS) is 14.6. The second kappa shape index (κ2) is 5.50. The third kappa shape index (κ3) is 2.27. The first-order valence-electron chi connectivity index (χ1n) is 7.44. The van der Waals surface area contributed by atoms with E-state index in [0.717, 1.165) is 35.8 Å². The molecule has 0 amide bonds. The fourth-order valence-corrected chi connectivity index (χ4v) is 3.88. The summed E-state index contributed by atoms with van der Waals surface area (Å²) in [5, 5.41) is 1.34. The van der Waals surface area contributed by atoms with Crippen LogP contribution in [0.5, 0.6) is 0 Å². The molecule has 0 N–H and O–H groups in total. The highest BCUT2D eigenvalue weighted by atomic mass is 32.1. The summed E-state index contributed by atoms with van der Waals surface area (Å²) in [5.41, 5.74) is 2.29. The van der Waals surface area contributed by atoms with E-state index >= 15 is 0 Å². The molecule has 0 atom stereocenters. The molecule has 1 aliphatic rings. The van der Waals surface area contributed by atoms with Crippen molar-refractivity contribution in [2.45, 2.75) is 19.3 Å². The molecule has 4 rings (SSSR count). The average molecular weight is 309 g/mol. The number of rotatable bonds is 1. The Kier molecular flexibility index (Phi) is 3.35. The number of benzene rings is 1. The van der Waals surface area contributed by atoms with Crippen LogP contribution in [0.3, 0.4) is 0 Å².